The summed E-state index contributed by atoms with van der Waals surface area (Å²) in [5.74, 6) is -3.35. The smallest absolute Gasteiger partial charge is 0.322 e. The second kappa shape index (κ2) is 6.91. The van der Waals surface area contributed by atoms with E-state index in [2.05, 4.69) is 21.2 Å². The molecule has 1 N–H and O–H groups in total. The number of anilines is 1. The summed E-state index contributed by atoms with van der Waals surface area (Å²) < 4.78 is 14.3. The zero-order chi connectivity index (χ0) is 18.1. The molecule has 7 nitrogen and oxygen atoms in total. The fraction of sp³-hybridized carbons (Fsp3) is 0.375. The molecule has 2 aliphatic rings. The molecular formula is C16H15BrFN3O4. The molecule has 1 aliphatic heterocycles. The lowest BCUT2D eigenvalue weighted by Gasteiger charge is -2.20. The Morgan fingerprint density at radius 2 is 1.88 bits per heavy atom. The number of rotatable bonds is 4. The van der Waals surface area contributed by atoms with Crippen molar-refractivity contribution in [3.8, 4) is 0 Å². The molecule has 0 spiro atoms. The van der Waals surface area contributed by atoms with Crippen LogP contribution in [0.1, 0.15) is 25.7 Å². The molecule has 0 aromatic heterocycles. The Balaban J connectivity index is 1.69. The normalized spacial score (nSPS) is 18.4. The van der Waals surface area contributed by atoms with Crippen LogP contribution in [0.2, 0.25) is 0 Å². The second-order valence-electron chi connectivity index (χ2n) is 5.96. The number of urea groups is 1. The summed E-state index contributed by atoms with van der Waals surface area (Å²) in [6, 6.07) is 2.99. The molecule has 1 aliphatic carbocycles. The van der Waals surface area contributed by atoms with E-state index in [4.69, 9.17) is 0 Å². The van der Waals surface area contributed by atoms with Crippen molar-refractivity contribution >= 4 is 45.4 Å². The summed E-state index contributed by atoms with van der Waals surface area (Å²) in [5.41, 5.74) is -0.0775. The summed E-state index contributed by atoms with van der Waals surface area (Å²) in [6.07, 6.45) is 3.10. The van der Waals surface area contributed by atoms with Gasteiger partial charge < -0.3 is 5.32 Å². The Kier molecular flexibility index (Phi) is 4.85. The summed E-state index contributed by atoms with van der Waals surface area (Å²) in [6.45, 7) is -0.637. The van der Waals surface area contributed by atoms with Crippen LogP contribution in [0.5, 0.6) is 0 Å². The highest BCUT2D eigenvalue weighted by Gasteiger charge is 2.48. The van der Waals surface area contributed by atoms with Gasteiger partial charge in [0.05, 0.1) is 5.69 Å². The monoisotopic (exact) mass is 411 g/mol. The lowest BCUT2D eigenvalue weighted by Crippen LogP contribution is -2.41. The first-order chi connectivity index (χ1) is 11.9. The van der Waals surface area contributed by atoms with Crippen molar-refractivity contribution in [1.82, 2.24) is 9.80 Å². The number of hydrogen-bond donors (Lipinski definition) is 1. The number of halogens is 2. The van der Waals surface area contributed by atoms with E-state index in [1.54, 1.807) is 0 Å². The number of carbonyl (C=O) groups excluding carboxylic acids is 4. The maximum Gasteiger partial charge on any atom is 0.334 e. The number of nitrogens with one attached hydrogen (secondary N) is 1. The van der Waals surface area contributed by atoms with Crippen LogP contribution >= 0.6 is 15.9 Å². The van der Waals surface area contributed by atoms with Crippen LogP contribution < -0.4 is 5.32 Å². The average molecular weight is 412 g/mol. The zero-order valence-corrected chi connectivity index (χ0v) is 14.7. The number of amides is 5. The number of hydrogen-bond acceptors (Lipinski definition) is 4. The Bertz CT molecular complexity index is 764. The summed E-state index contributed by atoms with van der Waals surface area (Å²) in [7, 11) is 0. The van der Waals surface area contributed by atoms with Gasteiger partial charge in [-0.2, -0.15) is 0 Å². The Hall–Kier alpha value is -2.29. The molecular weight excluding hydrogens is 397 g/mol. The highest BCUT2D eigenvalue weighted by molar-refractivity contribution is 9.10. The Morgan fingerprint density at radius 1 is 1.20 bits per heavy atom. The van der Waals surface area contributed by atoms with Gasteiger partial charge in [0.2, 0.25) is 5.91 Å². The fourth-order valence-electron chi connectivity index (χ4n) is 3.07. The molecule has 1 aromatic carbocycles. The zero-order valence-electron chi connectivity index (χ0n) is 13.1. The van der Waals surface area contributed by atoms with Gasteiger partial charge >= 0.3 is 17.8 Å². The molecule has 1 heterocycles. The number of carbonyl (C=O) groups is 4. The van der Waals surface area contributed by atoms with Gasteiger partial charge in [0.1, 0.15) is 12.4 Å². The molecule has 0 atom stereocenters. The van der Waals surface area contributed by atoms with Crippen molar-refractivity contribution < 1.29 is 23.6 Å². The highest BCUT2D eigenvalue weighted by Crippen LogP contribution is 2.27. The minimum atomic E-state index is -1.02. The topological polar surface area (TPSA) is 86.8 Å². The minimum Gasteiger partial charge on any atom is -0.322 e. The van der Waals surface area contributed by atoms with E-state index in [9.17, 15) is 23.6 Å². The van der Waals surface area contributed by atoms with Crippen LogP contribution in [0.15, 0.2) is 22.7 Å². The summed E-state index contributed by atoms with van der Waals surface area (Å²) in [5, 5.41) is 2.29. The predicted octanol–water partition coefficient (Wildman–Crippen LogP) is 2.26. The quantitative estimate of drug-likeness (QED) is 0.607. The van der Waals surface area contributed by atoms with Crippen LogP contribution in [0.4, 0.5) is 14.9 Å². The largest absolute Gasteiger partial charge is 0.334 e. The molecule has 1 aromatic rings. The van der Waals surface area contributed by atoms with Gasteiger partial charge in [-0.3, -0.25) is 19.3 Å². The molecule has 2 fully saturated rings. The molecule has 0 unspecified atom stereocenters. The van der Waals surface area contributed by atoms with Crippen LogP contribution in [-0.4, -0.2) is 46.1 Å². The Morgan fingerprint density at radius 3 is 2.52 bits per heavy atom. The van der Waals surface area contributed by atoms with Crippen LogP contribution in [0.3, 0.4) is 0 Å². The van der Waals surface area contributed by atoms with E-state index in [0.29, 0.717) is 22.2 Å². The highest BCUT2D eigenvalue weighted by atomic mass is 79.9. The number of imide groups is 2. The lowest BCUT2D eigenvalue weighted by atomic mass is 10.2. The van der Waals surface area contributed by atoms with Crippen molar-refractivity contribution in [2.45, 2.75) is 31.7 Å². The van der Waals surface area contributed by atoms with E-state index in [1.807, 2.05) is 0 Å². The van der Waals surface area contributed by atoms with E-state index in [-0.39, 0.29) is 11.7 Å². The molecule has 132 valence electrons. The second-order valence-corrected chi connectivity index (χ2v) is 6.88. The van der Waals surface area contributed by atoms with Gasteiger partial charge in [-0.1, -0.05) is 28.8 Å². The van der Waals surface area contributed by atoms with Crippen molar-refractivity contribution in [2.75, 3.05) is 11.9 Å². The number of nitrogens with zero attached hydrogens (tertiary/aromatic N) is 2. The standard InChI is InChI=1S/C16H15BrFN3O4/c17-9-5-6-12(11(18)7-9)19-13(22)8-20-14(23)15(24)21(16(20)25)10-3-1-2-4-10/h5-7,10H,1-4,8H2,(H,19,22). The van der Waals surface area contributed by atoms with Crippen LogP contribution in [-0.2, 0) is 14.4 Å². The van der Waals surface area contributed by atoms with Gasteiger partial charge in [-0.15, -0.1) is 0 Å². The first kappa shape index (κ1) is 17.5. The van der Waals surface area contributed by atoms with Gasteiger partial charge in [0.25, 0.3) is 0 Å². The molecule has 25 heavy (non-hydrogen) atoms. The Labute approximate surface area is 151 Å². The molecule has 5 amide bonds. The van der Waals surface area contributed by atoms with Gasteiger partial charge in [-0.05, 0) is 31.0 Å². The van der Waals surface area contributed by atoms with E-state index >= 15 is 0 Å². The third-order valence-corrected chi connectivity index (χ3v) is 4.77. The number of benzene rings is 1. The van der Waals surface area contributed by atoms with Crippen molar-refractivity contribution in [1.29, 1.82) is 0 Å². The molecule has 1 saturated carbocycles. The molecule has 0 radical (unpaired) electrons. The average Bonchev–Trinajstić information content (AvgIpc) is 3.14. The van der Waals surface area contributed by atoms with E-state index in [0.717, 1.165) is 17.7 Å². The molecule has 1 saturated heterocycles. The maximum absolute atomic E-state index is 13.8. The SMILES string of the molecule is O=C(CN1C(=O)C(=O)N(C2CCCC2)C1=O)Nc1ccc(Br)cc1F. The third-order valence-electron chi connectivity index (χ3n) is 4.28. The molecule has 3 rings (SSSR count). The van der Waals surface area contributed by atoms with E-state index in [1.165, 1.54) is 18.2 Å². The first-order valence-electron chi connectivity index (χ1n) is 7.82. The third kappa shape index (κ3) is 3.41. The molecule has 0 bridgehead atoms. The van der Waals surface area contributed by atoms with Crippen LogP contribution in [0, 0.1) is 5.82 Å². The first-order valence-corrected chi connectivity index (χ1v) is 8.61. The minimum absolute atomic E-state index is 0.0775. The lowest BCUT2D eigenvalue weighted by molar-refractivity contribution is -0.144. The molecule has 9 heteroatoms. The van der Waals surface area contributed by atoms with Crippen molar-refractivity contribution in [3.63, 3.8) is 0 Å². The van der Waals surface area contributed by atoms with E-state index < -0.39 is 36.1 Å². The fourth-order valence-corrected chi connectivity index (χ4v) is 3.40. The van der Waals surface area contributed by atoms with Gasteiger partial charge in [0, 0.05) is 10.5 Å². The van der Waals surface area contributed by atoms with Gasteiger partial charge in [-0.25, -0.2) is 14.1 Å². The van der Waals surface area contributed by atoms with Crippen molar-refractivity contribution in [3.05, 3.63) is 28.5 Å². The summed E-state index contributed by atoms with van der Waals surface area (Å²) >= 11 is 3.10. The maximum atomic E-state index is 13.8. The predicted molar refractivity (Wildman–Crippen MR) is 88.9 cm³/mol. The summed E-state index contributed by atoms with van der Waals surface area (Å²) in [4.78, 5) is 50.1. The van der Waals surface area contributed by atoms with Gasteiger partial charge in [0.15, 0.2) is 0 Å². The van der Waals surface area contributed by atoms with Crippen LogP contribution in [0.25, 0.3) is 0 Å². The van der Waals surface area contributed by atoms with Crippen molar-refractivity contribution in [2.24, 2.45) is 0 Å².